The molecule has 196 valence electrons. The van der Waals surface area contributed by atoms with Crippen LogP contribution in [0.3, 0.4) is 0 Å². The first kappa shape index (κ1) is 27.0. The van der Waals surface area contributed by atoms with Crippen molar-refractivity contribution in [3.05, 3.63) is 84.6 Å². The maximum absolute atomic E-state index is 13.3. The molecule has 0 aliphatic rings. The average molecular weight is 509 g/mol. The molecule has 1 N–H and O–H groups in total. The number of carbonyl (C=O) groups is 1. The Bertz CT molecular complexity index is 1460. The summed E-state index contributed by atoms with van der Waals surface area (Å²) < 4.78 is 7.53. The Morgan fingerprint density at radius 3 is 2.53 bits per heavy atom. The summed E-state index contributed by atoms with van der Waals surface area (Å²) >= 11 is 0. The number of ether oxygens (including phenoxy) is 1. The molecule has 0 spiro atoms. The molecule has 1 amide bonds. The smallest absolute Gasteiger partial charge is 0.227 e. The molecule has 38 heavy (non-hydrogen) atoms. The monoisotopic (exact) mass is 508 g/mol. The molecule has 1 aromatic heterocycles. The quantitative estimate of drug-likeness (QED) is 0.207. The van der Waals surface area contributed by atoms with Crippen molar-refractivity contribution in [3.8, 4) is 6.07 Å². The third kappa shape index (κ3) is 6.07. The fourth-order valence-corrected chi connectivity index (χ4v) is 5.11. The van der Waals surface area contributed by atoms with E-state index in [1.807, 2.05) is 12.1 Å². The molecule has 0 fully saturated rings. The molecule has 0 aliphatic carbocycles. The van der Waals surface area contributed by atoms with Gasteiger partial charge < -0.3 is 19.5 Å². The van der Waals surface area contributed by atoms with Gasteiger partial charge in [0, 0.05) is 72.1 Å². The van der Waals surface area contributed by atoms with Crippen LogP contribution in [0.2, 0.25) is 0 Å². The van der Waals surface area contributed by atoms with Crippen molar-refractivity contribution >= 4 is 39.1 Å². The van der Waals surface area contributed by atoms with E-state index in [1.54, 1.807) is 24.1 Å². The Morgan fingerprint density at radius 1 is 1.08 bits per heavy atom. The number of hydrogen-bond donors (Lipinski definition) is 1. The largest absolute Gasteiger partial charge is 0.385 e. The van der Waals surface area contributed by atoms with Crippen LogP contribution in [0.5, 0.6) is 0 Å². The number of nitrogens with zero attached hydrogens (tertiary/aromatic N) is 3. The number of rotatable bonds is 12. The van der Waals surface area contributed by atoms with E-state index in [0.717, 1.165) is 30.0 Å². The molecular weight excluding hydrogens is 472 g/mol. The van der Waals surface area contributed by atoms with Gasteiger partial charge in [-0.05, 0) is 74.2 Å². The molecule has 3 aromatic carbocycles. The van der Waals surface area contributed by atoms with Crippen LogP contribution in [0.15, 0.2) is 79.0 Å². The zero-order valence-electron chi connectivity index (χ0n) is 22.5. The predicted octanol–water partition coefficient (Wildman–Crippen LogP) is 7.10. The molecule has 1 heterocycles. The fourth-order valence-electron chi connectivity index (χ4n) is 5.11. The van der Waals surface area contributed by atoms with Gasteiger partial charge in [-0.25, -0.2) is 0 Å². The van der Waals surface area contributed by atoms with Gasteiger partial charge in [-0.2, -0.15) is 5.26 Å². The minimum Gasteiger partial charge on any atom is -0.385 e. The number of aryl methyl sites for hydroxylation is 1. The first-order valence-corrected chi connectivity index (χ1v) is 13.2. The molecular formula is C32H36N4O2. The minimum atomic E-state index is 0.0555. The lowest BCUT2D eigenvalue weighted by Crippen LogP contribution is -2.33. The van der Waals surface area contributed by atoms with Crippen molar-refractivity contribution in [2.45, 2.75) is 39.7 Å². The van der Waals surface area contributed by atoms with Gasteiger partial charge in [0.05, 0.1) is 11.6 Å². The normalized spacial score (nSPS) is 11.8. The van der Waals surface area contributed by atoms with Gasteiger partial charge in [-0.1, -0.05) is 31.7 Å². The number of nitriles is 1. The number of hydrogen-bond acceptors (Lipinski definition) is 4. The SMILES string of the molecule is C=C(CC(C)CC(=O)N(CCCOC)c1ccc(C#N)cc1)Nc1ccc2c(c1)c1ccccc1n2CC. The Morgan fingerprint density at radius 2 is 1.82 bits per heavy atom. The number of benzene rings is 3. The first-order chi connectivity index (χ1) is 18.4. The van der Waals surface area contributed by atoms with Crippen molar-refractivity contribution in [1.29, 1.82) is 5.26 Å². The Balaban J connectivity index is 1.42. The number of para-hydroxylation sites is 1. The van der Waals surface area contributed by atoms with Gasteiger partial charge in [0.25, 0.3) is 0 Å². The van der Waals surface area contributed by atoms with Crippen LogP contribution >= 0.6 is 0 Å². The predicted molar refractivity (Wildman–Crippen MR) is 156 cm³/mol. The first-order valence-electron chi connectivity index (χ1n) is 13.2. The van der Waals surface area contributed by atoms with E-state index in [9.17, 15) is 4.79 Å². The van der Waals surface area contributed by atoms with Crippen molar-refractivity contribution < 1.29 is 9.53 Å². The van der Waals surface area contributed by atoms with Crippen LogP contribution in [0.4, 0.5) is 11.4 Å². The number of anilines is 2. The van der Waals surface area contributed by atoms with E-state index in [0.29, 0.717) is 31.6 Å². The molecule has 6 heteroatoms. The van der Waals surface area contributed by atoms with Gasteiger partial charge >= 0.3 is 0 Å². The maximum Gasteiger partial charge on any atom is 0.227 e. The van der Waals surface area contributed by atoms with E-state index in [1.165, 1.54) is 21.8 Å². The van der Waals surface area contributed by atoms with Crippen molar-refractivity contribution in [3.63, 3.8) is 0 Å². The third-order valence-electron chi connectivity index (χ3n) is 6.87. The van der Waals surface area contributed by atoms with Crippen LogP contribution in [-0.4, -0.2) is 30.7 Å². The topological polar surface area (TPSA) is 70.3 Å². The second-order valence-electron chi connectivity index (χ2n) is 9.79. The summed E-state index contributed by atoms with van der Waals surface area (Å²) in [5, 5.41) is 15.0. The summed E-state index contributed by atoms with van der Waals surface area (Å²) in [6.45, 7) is 10.6. The summed E-state index contributed by atoms with van der Waals surface area (Å²) in [5.74, 6) is 0.163. The molecule has 0 bridgehead atoms. The lowest BCUT2D eigenvalue weighted by molar-refractivity contribution is -0.119. The highest BCUT2D eigenvalue weighted by Crippen LogP contribution is 2.31. The van der Waals surface area contributed by atoms with E-state index in [2.05, 4.69) is 78.8 Å². The molecule has 1 unspecified atom stereocenters. The average Bonchev–Trinajstić information content (AvgIpc) is 3.24. The molecule has 0 saturated heterocycles. The molecule has 4 aromatic rings. The van der Waals surface area contributed by atoms with E-state index in [-0.39, 0.29) is 11.8 Å². The fraction of sp³-hybridized carbons (Fsp3) is 0.312. The van der Waals surface area contributed by atoms with E-state index >= 15 is 0 Å². The van der Waals surface area contributed by atoms with Gasteiger partial charge in [-0.3, -0.25) is 4.79 Å². The minimum absolute atomic E-state index is 0.0555. The number of amides is 1. The molecule has 6 nitrogen and oxygen atoms in total. The number of nitrogens with one attached hydrogen (secondary N) is 1. The van der Waals surface area contributed by atoms with Gasteiger partial charge in [0.2, 0.25) is 5.91 Å². The number of methoxy groups -OCH3 is 1. The zero-order valence-corrected chi connectivity index (χ0v) is 22.5. The highest BCUT2D eigenvalue weighted by molar-refractivity contribution is 6.09. The molecule has 4 rings (SSSR count). The Hall–Kier alpha value is -4.08. The number of aromatic nitrogens is 1. The third-order valence-corrected chi connectivity index (χ3v) is 6.87. The van der Waals surface area contributed by atoms with Gasteiger partial charge in [-0.15, -0.1) is 0 Å². The summed E-state index contributed by atoms with van der Waals surface area (Å²) in [5.41, 5.74) is 5.72. The number of allylic oxidation sites excluding steroid dienone is 1. The Kier molecular flexibility index (Phi) is 8.83. The number of fused-ring (bicyclic) bond motifs is 3. The zero-order chi connectivity index (χ0) is 27.1. The summed E-state index contributed by atoms with van der Waals surface area (Å²) in [7, 11) is 1.66. The van der Waals surface area contributed by atoms with Crippen molar-refractivity contribution in [2.24, 2.45) is 5.92 Å². The second-order valence-corrected chi connectivity index (χ2v) is 9.79. The highest BCUT2D eigenvalue weighted by Gasteiger charge is 2.19. The van der Waals surface area contributed by atoms with E-state index < -0.39 is 0 Å². The second kappa shape index (κ2) is 12.4. The van der Waals surface area contributed by atoms with Crippen molar-refractivity contribution in [1.82, 2.24) is 4.57 Å². The Labute approximate surface area is 225 Å². The molecule has 0 saturated carbocycles. The van der Waals surface area contributed by atoms with Crippen LogP contribution in [0, 0.1) is 17.2 Å². The maximum atomic E-state index is 13.3. The lowest BCUT2D eigenvalue weighted by Gasteiger charge is -2.25. The van der Waals surface area contributed by atoms with Crippen LogP contribution in [0.25, 0.3) is 21.8 Å². The highest BCUT2D eigenvalue weighted by atomic mass is 16.5. The van der Waals surface area contributed by atoms with Crippen LogP contribution in [0.1, 0.15) is 38.7 Å². The summed E-state index contributed by atoms with van der Waals surface area (Å²) in [4.78, 5) is 15.1. The van der Waals surface area contributed by atoms with Crippen LogP contribution < -0.4 is 10.2 Å². The molecule has 0 radical (unpaired) electrons. The molecule has 0 aliphatic heterocycles. The standard InChI is InChI=1S/C32H36N4O2/c1-5-35-30-10-7-6-9-28(30)29-21-26(13-16-31(29)35)34-24(3)19-23(2)20-32(37)36(17-8-18-38-4)27-14-11-25(22-33)12-15-27/h6-7,9-16,21,23,34H,3,5,8,17-20H2,1-2,4H3. The lowest BCUT2D eigenvalue weighted by atomic mass is 10.0. The van der Waals surface area contributed by atoms with Gasteiger partial charge in [0.1, 0.15) is 0 Å². The van der Waals surface area contributed by atoms with E-state index in [4.69, 9.17) is 10.00 Å². The summed E-state index contributed by atoms with van der Waals surface area (Å²) in [6, 6.07) is 24.2. The number of carbonyl (C=O) groups excluding carboxylic acids is 1. The molecule has 1 atom stereocenters. The van der Waals surface area contributed by atoms with Crippen molar-refractivity contribution in [2.75, 3.05) is 30.5 Å². The van der Waals surface area contributed by atoms with Crippen LogP contribution in [-0.2, 0) is 16.1 Å². The summed E-state index contributed by atoms with van der Waals surface area (Å²) in [6.07, 6.45) is 1.82. The van der Waals surface area contributed by atoms with Gasteiger partial charge in [0.15, 0.2) is 0 Å².